The van der Waals surface area contributed by atoms with Crippen LogP contribution in [0.4, 0.5) is 10.5 Å². The summed E-state index contributed by atoms with van der Waals surface area (Å²) >= 11 is 0. The fourth-order valence-corrected chi connectivity index (χ4v) is 3.36. The van der Waals surface area contributed by atoms with Gasteiger partial charge in [-0.15, -0.1) is 0 Å². The maximum Gasteiger partial charge on any atom is 0.332 e. The molecule has 5 nitrogen and oxygen atoms in total. The molecule has 0 unspecified atom stereocenters. The Balaban J connectivity index is 1.91. The van der Waals surface area contributed by atoms with Crippen LogP contribution < -0.4 is 4.90 Å². The lowest BCUT2D eigenvalue weighted by molar-refractivity contribution is -0.118. The molecule has 23 heavy (non-hydrogen) atoms. The summed E-state index contributed by atoms with van der Waals surface area (Å²) in [5.41, 5.74) is 1.97. The van der Waals surface area contributed by atoms with E-state index in [1.54, 1.807) is 17.0 Å². The van der Waals surface area contributed by atoms with E-state index in [9.17, 15) is 14.9 Å². The van der Waals surface area contributed by atoms with Gasteiger partial charge in [-0.1, -0.05) is 30.3 Å². The molecule has 2 aromatic rings. The average molecular weight is 303 g/mol. The van der Waals surface area contributed by atoms with Crippen LogP contribution in [0.5, 0.6) is 0 Å². The Morgan fingerprint density at radius 3 is 2.57 bits per heavy atom. The predicted octanol–water partition coefficient (Wildman–Crippen LogP) is 2.81. The van der Waals surface area contributed by atoms with Crippen molar-refractivity contribution in [3.63, 3.8) is 0 Å². The first kappa shape index (κ1) is 13.5. The molecule has 0 N–H and O–H groups in total. The van der Waals surface area contributed by atoms with Gasteiger partial charge in [0.1, 0.15) is 6.04 Å². The first-order valence-corrected chi connectivity index (χ1v) is 7.36. The highest BCUT2D eigenvalue weighted by Crippen LogP contribution is 2.36. The molecule has 0 aromatic heterocycles. The molecule has 1 saturated heterocycles. The number of fused-ring (bicyclic) bond motifs is 2. The zero-order valence-electron chi connectivity index (χ0n) is 12.5. The Morgan fingerprint density at radius 2 is 1.87 bits per heavy atom. The van der Waals surface area contributed by atoms with Gasteiger partial charge >= 0.3 is 6.03 Å². The first-order valence-electron chi connectivity index (χ1n) is 7.36. The molecule has 3 amide bonds. The van der Waals surface area contributed by atoms with Gasteiger partial charge in [0.2, 0.25) is 0 Å². The highest BCUT2D eigenvalue weighted by atomic mass is 16.2. The van der Waals surface area contributed by atoms with Crippen molar-refractivity contribution in [3.8, 4) is 6.07 Å². The maximum absolute atomic E-state index is 12.8. The second-order valence-corrected chi connectivity index (χ2v) is 5.75. The quantitative estimate of drug-likeness (QED) is 0.601. The number of imide groups is 1. The largest absolute Gasteiger partial charge is 0.332 e. The molecule has 0 aliphatic carbocycles. The maximum atomic E-state index is 12.8. The number of hydrogen-bond acceptors (Lipinski definition) is 3. The molecule has 0 radical (unpaired) electrons. The second kappa shape index (κ2) is 4.68. The van der Waals surface area contributed by atoms with E-state index in [-0.39, 0.29) is 11.9 Å². The first-order chi connectivity index (χ1) is 11.1. The van der Waals surface area contributed by atoms with Crippen LogP contribution in [0, 0.1) is 11.3 Å². The van der Waals surface area contributed by atoms with E-state index in [1.165, 1.54) is 4.90 Å². The van der Waals surface area contributed by atoms with E-state index in [4.69, 9.17) is 0 Å². The minimum absolute atomic E-state index is 0.226. The summed E-state index contributed by atoms with van der Waals surface area (Å²) in [4.78, 5) is 28.3. The number of anilines is 1. The van der Waals surface area contributed by atoms with E-state index in [2.05, 4.69) is 6.07 Å². The number of urea groups is 1. The van der Waals surface area contributed by atoms with Crippen LogP contribution in [0.1, 0.15) is 12.5 Å². The van der Waals surface area contributed by atoms with Gasteiger partial charge in [-0.05, 0) is 24.6 Å². The molecule has 0 bridgehead atoms. The summed E-state index contributed by atoms with van der Waals surface area (Å²) in [6, 6.07) is 12.0. The van der Waals surface area contributed by atoms with E-state index < -0.39 is 6.04 Å². The normalized spacial score (nSPS) is 20.0. The number of hydrogen-bond donors (Lipinski definition) is 0. The van der Waals surface area contributed by atoms with Crippen LogP contribution in [0.15, 0.2) is 48.0 Å². The van der Waals surface area contributed by atoms with Gasteiger partial charge in [0.15, 0.2) is 0 Å². The van der Waals surface area contributed by atoms with E-state index in [0.717, 1.165) is 16.3 Å². The molecular weight excluding hydrogens is 290 g/mol. The predicted molar refractivity (Wildman–Crippen MR) is 85.8 cm³/mol. The molecular formula is C18H13N3O2. The Morgan fingerprint density at radius 1 is 1.13 bits per heavy atom. The standard InChI is InChI=1S/C18H13N3O2/c1-11-8-9-20-16(11)17(22)21(18(20)23)15-7-6-12(10-19)13-4-2-3-5-14(13)15/h2-8,16H,9H2,1H3/t16-/m1/s1. The SMILES string of the molecule is CC1=CCN2C(=O)N(c3ccc(C#N)c4ccccc34)C(=O)[C@@H]12. The molecule has 0 spiro atoms. The highest BCUT2D eigenvalue weighted by molar-refractivity contribution is 6.25. The van der Waals surface area contributed by atoms with Crippen molar-refractivity contribution < 1.29 is 9.59 Å². The highest BCUT2D eigenvalue weighted by Gasteiger charge is 2.48. The molecule has 5 heteroatoms. The van der Waals surface area contributed by atoms with Crippen LogP contribution in [0.25, 0.3) is 10.8 Å². The zero-order chi connectivity index (χ0) is 16.1. The summed E-state index contributed by atoms with van der Waals surface area (Å²) in [5.74, 6) is -0.226. The minimum Gasteiger partial charge on any atom is -0.304 e. The number of amides is 3. The summed E-state index contributed by atoms with van der Waals surface area (Å²) < 4.78 is 0. The molecule has 2 aliphatic rings. The van der Waals surface area contributed by atoms with Gasteiger partial charge in [0, 0.05) is 17.3 Å². The molecule has 2 heterocycles. The minimum atomic E-state index is -0.489. The third-order valence-corrected chi connectivity index (χ3v) is 4.51. The summed E-state index contributed by atoms with van der Waals surface area (Å²) in [6.45, 7) is 2.34. The van der Waals surface area contributed by atoms with Gasteiger partial charge in [0.25, 0.3) is 5.91 Å². The average Bonchev–Trinajstić information content (AvgIpc) is 3.07. The Labute approximate surface area is 133 Å². The fraction of sp³-hybridized carbons (Fsp3) is 0.167. The van der Waals surface area contributed by atoms with Crippen molar-refractivity contribution in [2.75, 3.05) is 11.4 Å². The monoisotopic (exact) mass is 303 g/mol. The third kappa shape index (κ3) is 1.72. The van der Waals surface area contributed by atoms with Crippen molar-refractivity contribution >= 4 is 28.4 Å². The van der Waals surface area contributed by atoms with Crippen LogP contribution in [0.2, 0.25) is 0 Å². The molecule has 112 valence electrons. The molecule has 0 saturated carbocycles. The summed E-state index contributed by atoms with van der Waals surface area (Å²) in [5, 5.41) is 10.7. The van der Waals surface area contributed by atoms with Crippen LogP contribution in [-0.4, -0.2) is 29.4 Å². The lowest BCUT2D eigenvalue weighted by atomic mass is 10.0. The molecule has 2 aliphatic heterocycles. The van der Waals surface area contributed by atoms with E-state index in [1.807, 2.05) is 37.3 Å². The molecule has 4 rings (SSSR count). The van der Waals surface area contributed by atoms with Crippen molar-refractivity contribution in [3.05, 3.63) is 53.6 Å². The van der Waals surface area contributed by atoms with Gasteiger partial charge < -0.3 is 4.90 Å². The Kier molecular flexibility index (Phi) is 2.75. The number of benzene rings is 2. The summed E-state index contributed by atoms with van der Waals surface area (Å²) in [6.07, 6.45) is 1.91. The van der Waals surface area contributed by atoms with E-state index >= 15 is 0 Å². The Bertz CT molecular complexity index is 939. The van der Waals surface area contributed by atoms with Gasteiger partial charge in [0.05, 0.1) is 17.3 Å². The lowest BCUT2D eigenvalue weighted by Gasteiger charge is -2.17. The number of rotatable bonds is 1. The number of carbonyl (C=O) groups is 2. The van der Waals surface area contributed by atoms with Crippen molar-refractivity contribution in [1.29, 1.82) is 5.26 Å². The van der Waals surface area contributed by atoms with Gasteiger partial charge in [-0.2, -0.15) is 5.26 Å². The smallest absolute Gasteiger partial charge is 0.304 e. The van der Waals surface area contributed by atoms with Crippen LogP contribution >= 0.6 is 0 Å². The van der Waals surface area contributed by atoms with Crippen molar-refractivity contribution in [1.82, 2.24) is 4.90 Å². The van der Waals surface area contributed by atoms with Crippen LogP contribution in [-0.2, 0) is 4.79 Å². The second-order valence-electron chi connectivity index (χ2n) is 5.75. The van der Waals surface area contributed by atoms with Crippen molar-refractivity contribution in [2.45, 2.75) is 13.0 Å². The van der Waals surface area contributed by atoms with Crippen molar-refractivity contribution in [2.24, 2.45) is 0 Å². The zero-order valence-corrected chi connectivity index (χ0v) is 12.5. The van der Waals surface area contributed by atoms with E-state index in [0.29, 0.717) is 17.8 Å². The Hall–Kier alpha value is -3.13. The summed E-state index contributed by atoms with van der Waals surface area (Å²) in [7, 11) is 0. The van der Waals surface area contributed by atoms with Gasteiger partial charge in [-0.3, -0.25) is 4.79 Å². The number of nitrogens with zero attached hydrogens (tertiary/aromatic N) is 3. The lowest BCUT2D eigenvalue weighted by Crippen LogP contribution is -2.33. The topological polar surface area (TPSA) is 64.4 Å². The fourth-order valence-electron chi connectivity index (χ4n) is 3.36. The van der Waals surface area contributed by atoms with Gasteiger partial charge in [-0.25, -0.2) is 9.69 Å². The third-order valence-electron chi connectivity index (χ3n) is 4.51. The number of carbonyl (C=O) groups excluding carboxylic acids is 2. The number of nitriles is 1. The van der Waals surface area contributed by atoms with Crippen LogP contribution in [0.3, 0.4) is 0 Å². The molecule has 1 atom stereocenters. The molecule has 1 fully saturated rings. The molecule has 2 aromatic carbocycles.